The Bertz CT molecular complexity index is 705. The smallest absolute Gasteiger partial charge is 0.221 e. The van der Waals surface area contributed by atoms with E-state index < -0.39 is 5.82 Å². The van der Waals surface area contributed by atoms with Gasteiger partial charge in [0, 0.05) is 19.7 Å². The number of rotatable bonds is 6. The number of nitrogens with one attached hydrogen (secondary N) is 2. The summed E-state index contributed by atoms with van der Waals surface area (Å²) in [5.74, 6) is -1.25. The van der Waals surface area contributed by atoms with E-state index in [1.54, 1.807) is 7.05 Å². The number of carbonyl (C=O) groups excluding carboxylic acids is 2. The maximum Gasteiger partial charge on any atom is 0.221 e. The second-order valence-electron chi connectivity index (χ2n) is 4.21. The summed E-state index contributed by atoms with van der Waals surface area (Å²) < 4.78 is 14.6. The van der Waals surface area contributed by atoms with Crippen molar-refractivity contribution in [2.45, 2.75) is 11.3 Å². The Kier molecular flexibility index (Phi) is 5.45. The van der Waals surface area contributed by atoms with Crippen molar-refractivity contribution < 1.29 is 14.0 Å². The van der Waals surface area contributed by atoms with Crippen molar-refractivity contribution in [3.05, 3.63) is 29.6 Å². The number of nitrogens with zero attached hydrogens (tertiary/aromatic N) is 2. The average Bonchev–Trinajstić information content (AvgIpc) is 2.92. The van der Waals surface area contributed by atoms with Gasteiger partial charge in [-0.2, -0.15) is 0 Å². The first-order valence-electron chi connectivity index (χ1n) is 6.24. The summed E-state index contributed by atoms with van der Waals surface area (Å²) in [6.07, 6.45) is 0. The molecule has 0 saturated heterocycles. The van der Waals surface area contributed by atoms with Gasteiger partial charge in [0.15, 0.2) is 10.1 Å². The third-order valence-corrected chi connectivity index (χ3v) is 4.61. The number of benzene rings is 1. The number of halogens is 1. The summed E-state index contributed by atoms with van der Waals surface area (Å²) in [5, 5.41) is 13.7. The minimum Gasteiger partial charge on any atom is -0.363 e. The molecule has 0 aliphatic rings. The summed E-state index contributed by atoms with van der Waals surface area (Å²) in [5.41, 5.74) is 0.303. The van der Waals surface area contributed by atoms with Crippen molar-refractivity contribution in [3.63, 3.8) is 0 Å². The molecule has 0 radical (unpaired) electrons. The molecule has 0 saturated carbocycles. The van der Waals surface area contributed by atoms with E-state index in [1.165, 1.54) is 42.2 Å². The van der Waals surface area contributed by atoms with Crippen molar-refractivity contribution in [3.8, 4) is 0 Å². The monoisotopic (exact) mass is 340 g/mol. The van der Waals surface area contributed by atoms with E-state index in [-0.39, 0.29) is 23.0 Å². The SMILES string of the molecule is CNc1nnc(SCC(=O)c2ccc(NC(C)=O)cc2F)s1. The van der Waals surface area contributed by atoms with Crippen LogP contribution >= 0.6 is 23.1 Å². The Morgan fingerprint density at radius 3 is 2.73 bits per heavy atom. The Morgan fingerprint density at radius 2 is 2.14 bits per heavy atom. The molecule has 6 nitrogen and oxygen atoms in total. The fourth-order valence-electron chi connectivity index (χ4n) is 1.60. The van der Waals surface area contributed by atoms with Crippen molar-refractivity contribution in [2.75, 3.05) is 23.4 Å². The Morgan fingerprint density at radius 1 is 1.36 bits per heavy atom. The number of amides is 1. The van der Waals surface area contributed by atoms with Crippen molar-refractivity contribution in [1.29, 1.82) is 0 Å². The fourth-order valence-corrected chi connectivity index (χ4v) is 3.19. The third kappa shape index (κ3) is 4.25. The van der Waals surface area contributed by atoms with Crippen LogP contribution in [0.25, 0.3) is 0 Å². The van der Waals surface area contributed by atoms with Crippen LogP contribution in [-0.4, -0.2) is 34.7 Å². The van der Waals surface area contributed by atoms with E-state index in [4.69, 9.17) is 0 Å². The van der Waals surface area contributed by atoms with Gasteiger partial charge in [0.1, 0.15) is 5.82 Å². The molecule has 116 valence electrons. The molecule has 2 aromatic rings. The van der Waals surface area contributed by atoms with Gasteiger partial charge in [-0.25, -0.2) is 4.39 Å². The first-order valence-corrected chi connectivity index (χ1v) is 8.04. The van der Waals surface area contributed by atoms with Crippen LogP contribution in [0.15, 0.2) is 22.5 Å². The zero-order chi connectivity index (χ0) is 16.1. The topological polar surface area (TPSA) is 84.0 Å². The number of aromatic nitrogens is 2. The van der Waals surface area contributed by atoms with Gasteiger partial charge in [-0.15, -0.1) is 10.2 Å². The summed E-state index contributed by atoms with van der Waals surface area (Å²) >= 11 is 2.52. The predicted octanol–water partition coefficient (Wildman–Crippen LogP) is 2.65. The first kappa shape index (κ1) is 16.4. The molecular weight excluding hydrogens is 327 g/mol. The lowest BCUT2D eigenvalue weighted by molar-refractivity contribution is -0.114. The molecule has 1 aromatic heterocycles. The predicted molar refractivity (Wildman–Crippen MR) is 85.2 cm³/mol. The van der Waals surface area contributed by atoms with Gasteiger partial charge in [-0.3, -0.25) is 9.59 Å². The Hall–Kier alpha value is -2.00. The quantitative estimate of drug-likeness (QED) is 0.621. The number of hydrogen-bond acceptors (Lipinski definition) is 7. The van der Waals surface area contributed by atoms with E-state index >= 15 is 0 Å². The Balaban J connectivity index is 2.01. The van der Waals surface area contributed by atoms with Crippen LogP contribution in [0.5, 0.6) is 0 Å². The molecule has 9 heteroatoms. The molecule has 0 fully saturated rings. The normalized spacial score (nSPS) is 10.3. The summed E-state index contributed by atoms with van der Waals surface area (Å²) in [7, 11) is 1.73. The zero-order valence-corrected chi connectivity index (χ0v) is 13.5. The number of carbonyl (C=O) groups is 2. The third-order valence-electron chi connectivity index (χ3n) is 2.54. The van der Waals surface area contributed by atoms with E-state index in [1.807, 2.05) is 0 Å². The lowest BCUT2D eigenvalue weighted by Gasteiger charge is -2.05. The lowest BCUT2D eigenvalue weighted by atomic mass is 10.1. The highest BCUT2D eigenvalue weighted by Gasteiger charge is 2.14. The van der Waals surface area contributed by atoms with Gasteiger partial charge < -0.3 is 10.6 Å². The molecule has 2 N–H and O–H groups in total. The van der Waals surface area contributed by atoms with E-state index in [9.17, 15) is 14.0 Å². The molecule has 0 atom stereocenters. The number of Topliss-reactive ketones (excluding diaryl/α,β-unsaturated/α-hetero) is 1. The molecule has 0 aliphatic carbocycles. The molecule has 1 aromatic carbocycles. The molecule has 1 amide bonds. The minimum absolute atomic E-state index is 0.0139. The minimum atomic E-state index is -0.662. The number of hydrogen-bond donors (Lipinski definition) is 2. The molecular formula is C13H13FN4O2S2. The highest BCUT2D eigenvalue weighted by atomic mass is 32.2. The summed E-state index contributed by atoms with van der Waals surface area (Å²) in [6.45, 7) is 1.33. The van der Waals surface area contributed by atoms with Gasteiger partial charge in [-0.05, 0) is 18.2 Å². The second kappa shape index (κ2) is 7.32. The van der Waals surface area contributed by atoms with E-state index in [0.29, 0.717) is 15.2 Å². The number of ketones is 1. The molecule has 0 bridgehead atoms. The molecule has 1 heterocycles. The van der Waals surface area contributed by atoms with Crippen molar-refractivity contribution >= 4 is 45.6 Å². The number of thioether (sulfide) groups is 1. The summed E-state index contributed by atoms with van der Waals surface area (Å²) in [6, 6.07) is 3.98. The fraction of sp³-hybridized carbons (Fsp3) is 0.231. The van der Waals surface area contributed by atoms with Crippen LogP contribution in [-0.2, 0) is 4.79 Å². The van der Waals surface area contributed by atoms with E-state index in [0.717, 1.165) is 6.07 Å². The van der Waals surface area contributed by atoms with Crippen LogP contribution in [0, 0.1) is 5.82 Å². The van der Waals surface area contributed by atoms with Crippen LogP contribution in [0.4, 0.5) is 15.2 Å². The molecule has 0 aliphatic heterocycles. The maximum absolute atomic E-state index is 13.9. The molecule has 0 spiro atoms. The van der Waals surface area contributed by atoms with Gasteiger partial charge in [-0.1, -0.05) is 23.1 Å². The van der Waals surface area contributed by atoms with Crippen LogP contribution in [0.3, 0.4) is 0 Å². The van der Waals surface area contributed by atoms with Gasteiger partial charge in [0.2, 0.25) is 11.0 Å². The molecule has 22 heavy (non-hydrogen) atoms. The van der Waals surface area contributed by atoms with Crippen molar-refractivity contribution in [1.82, 2.24) is 10.2 Å². The Labute approximate surface area is 134 Å². The molecule has 2 rings (SSSR count). The van der Waals surface area contributed by atoms with Crippen LogP contribution < -0.4 is 10.6 Å². The zero-order valence-electron chi connectivity index (χ0n) is 11.8. The lowest BCUT2D eigenvalue weighted by Crippen LogP contribution is -2.09. The highest BCUT2D eigenvalue weighted by molar-refractivity contribution is 8.01. The van der Waals surface area contributed by atoms with Crippen LogP contribution in [0.2, 0.25) is 0 Å². The highest BCUT2D eigenvalue weighted by Crippen LogP contribution is 2.26. The van der Waals surface area contributed by atoms with Gasteiger partial charge in [0.25, 0.3) is 0 Å². The maximum atomic E-state index is 13.9. The number of anilines is 2. The standard InChI is InChI=1S/C13H13FN4O2S2/c1-7(19)16-8-3-4-9(10(14)5-8)11(20)6-21-13-18-17-12(15-2)22-13/h3-5H,6H2,1-2H3,(H,15,17)(H,16,19). The van der Waals surface area contributed by atoms with Gasteiger partial charge in [0.05, 0.1) is 11.3 Å². The van der Waals surface area contributed by atoms with E-state index in [2.05, 4.69) is 20.8 Å². The summed E-state index contributed by atoms with van der Waals surface area (Å²) in [4.78, 5) is 23.0. The average molecular weight is 340 g/mol. The largest absolute Gasteiger partial charge is 0.363 e. The van der Waals surface area contributed by atoms with Gasteiger partial charge >= 0.3 is 0 Å². The molecule has 0 unspecified atom stereocenters. The van der Waals surface area contributed by atoms with Crippen LogP contribution in [0.1, 0.15) is 17.3 Å². The second-order valence-corrected chi connectivity index (χ2v) is 6.41. The first-order chi connectivity index (χ1) is 10.5. The van der Waals surface area contributed by atoms with Crippen molar-refractivity contribution in [2.24, 2.45) is 0 Å².